The molecule has 0 heterocycles. The molecule has 0 bridgehead atoms. The minimum absolute atomic E-state index is 0. The van der Waals surface area contributed by atoms with Gasteiger partial charge in [-0.05, 0) is 48.5 Å². The number of phenols is 2. The molecule has 0 saturated carbocycles. The van der Waals surface area contributed by atoms with Crippen LogP contribution in [-0.2, 0) is 16.5 Å². The van der Waals surface area contributed by atoms with Crippen molar-refractivity contribution in [2.75, 3.05) is 0 Å². The first-order chi connectivity index (χ1) is 7.24. The summed E-state index contributed by atoms with van der Waals surface area (Å²) in [5, 5.41) is 18.2. The Hall–Kier alpha value is -1.12. The van der Waals surface area contributed by atoms with Gasteiger partial charge in [-0.15, -0.1) is 0 Å². The quantitative estimate of drug-likeness (QED) is 0.828. The molecule has 0 aliphatic heterocycles. The van der Waals surface area contributed by atoms with E-state index < -0.39 is 0 Å². The van der Waals surface area contributed by atoms with Crippen LogP contribution in [0.15, 0.2) is 58.3 Å². The second kappa shape index (κ2) is 5.83. The number of hydrogen-bond acceptors (Lipinski definition) is 3. The third kappa shape index (κ3) is 3.47. The normalized spacial score (nSPS) is 9.50. The van der Waals surface area contributed by atoms with E-state index in [0.717, 1.165) is 9.79 Å². The average molecular weight is 277 g/mol. The SMILES string of the molecule is Oc1ccc(Sc2ccc(O)cc2)cc1.[Ni]. The summed E-state index contributed by atoms with van der Waals surface area (Å²) in [4.78, 5) is 2.11. The maximum atomic E-state index is 9.12. The Bertz CT molecular complexity index is 396. The first-order valence-corrected chi connectivity index (χ1v) is 5.31. The Balaban J connectivity index is 0.00000128. The number of phenolic OH excluding ortho intramolecular Hbond substituents is 2. The van der Waals surface area contributed by atoms with Gasteiger partial charge in [0.1, 0.15) is 11.5 Å². The van der Waals surface area contributed by atoms with Gasteiger partial charge in [-0.3, -0.25) is 0 Å². The Labute approximate surface area is 108 Å². The van der Waals surface area contributed by atoms with Gasteiger partial charge in [0.25, 0.3) is 0 Å². The van der Waals surface area contributed by atoms with Gasteiger partial charge >= 0.3 is 0 Å². The fraction of sp³-hybridized carbons (Fsp3) is 0. The van der Waals surface area contributed by atoms with E-state index in [-0.39, 0.29) is 28.0 Å². The van der Waals surface area contributed by atoms with Crippen molar-refractivity contribution in [2.24, 2.45) is 0 Å². The van der Waals surface area contributed by atoms with Gasteiger partial charge in [0.2, 0.25) is 0 Å². The summed E-state index contributed by atoms with van der Waals surface area (Å²) in [7, 11) is 0. The van der Waals surface area contributed by atoms with Crippen LogP contribution in [0, 0.1) is 0 Å². The summed E-state index contributed by atoms with van der Waals surface area (Å²) < 4.78 is 0. The van der Waals surface area contributed by atoms with Gasteiger partial charge < -0.3 is 10.2 Å². The summed E-state index contributed by atoms with van der Waals surface area (Å²) in [6, 6.07) is 14.0. The second-order valence-corrected chi connectivity index (χ2v) is 4.24. The van der Waals surface area contributed by atoms with Gasteiger partial charge in [-0.2, -0.15) is 0 Å². The molecule has 0 aliphatic rings. The van der Waals surface area contributed by atoms with Crippen LogP contribution < -0.4 is 0 Å². The molecule has 0 aliphatic carbocycles. The molecule has 2 aromatic carbocycles. The molecule has 2 N–H and O–H groups in total. The van der Waals surface area contributed by atoms with E-state index in [0.29, 0.717) is 0 Å². The van der Waals surface area contributed by atoms with Crippen LogP contribution in [0.5, 0.6) is 11.5 Å². The molecule has 0 unspecified atom stereocenters. The monoisotopic (exact) mass is 276 g/mol. The number of hydrogen-bond donors (Lipinski definition) is 2. The summed E-state index contributed by atoms with van der Waals surface area (Å²) >= 11 is 1.58. The van der Waals surface area contributed by atoms with Crippen molar-refractivity contribution in [3.63, 3.8) is 0 Å². The average Bonchev–Trinajstić information content (AvgIpc) is 2.25. The second-order valence-electron chi connectivity index (χ2n) is 3.09. The maximum absolute atomic E-state index is 9.12. The third-order valence-corrected chi connectivity index (χ3v) is 2.92. The Kier molecular flexibility index (Phi) is 4.72. The zero-order valence-electron chi connectivity index (χ0n) is 8.24. The zero-order valence-corrected chi connectivity index (χ0v) is 10.0. The van der Waals surface area contributed by atoms with Crippen molar-refractivity contribution in [3.8, 4) is 11.5 Å². The van der Waals surface area contributed by atoms with E-state index >= 15 is 0 Å². The summed E-state index contributed by atoms with van der Waals surface area (Å²) in [6.45, 7) is 0. The van der Waals surface area contributed by atoms with Crippen LogP contribution in [-0.4, -0.2) is 10.2 Å². The molecule has 0 fully saturated rings. The van der Waals surface area contributed by atoms with Gasteiger partial charge in [0.05, 0.1) is 0 Å². The molecule has 86 valence electrons. The Morgan fingerprint density at radius 2 is 0.938 bits per heavy atom. The molecule has 2 aromatic rings. The fourth-order valence-corrected chi connectivity index (χ4v) is 1.98. The molecule has 0 atom stereocenters. The molecular weight excluding hydrogens is 267 g/mol. The molecule has 0 radical (unpaired) electrons. The van der Waals surface area contributed by atoms with E-state index in [2.05, 4.69) is 0 Å². The Morgan fingerprint density at radius 1 is 0.625 bits per heavy atom. The smallest absolute Gasteiger partial charge is 0.115 e. The van der Waals surface area contributed by atoms with Crippen molar-refractivity contribution in [2.45, 2.75) is 9.79 Å². The molecule has 0 amide bonds. The first-order valence-electron chi connectivity index (χ1n) is 4.50. The molecular formula is C12H10NiO2S. The van der Waals surface area contributed by atoms with Crippen molar-refractivity contribution in [1.29, 1.82) is 0 Å². The number of rotatable bonds is 2. The summed E-state index contributed by atoms with van der Waals surface area (Å²) in [6.07, 6.45) is 0. The van der Waals surface area contributed by atoms with Crippen LogP contribution in [0.3, 0.4) is 0 Å². The number of benzene rings is 2. The van der Waals surface area contributed by atoms with Gasteiger partial charge in [-0.25, -0.2) is 0 Å². The van der Waals surface area contributed by atoms with E-state index in [1.54, 1.807) is 36.0 Å². The van der Waals surface area contributed by atoms with Gasteiger partial charge in [0, 0.05) is 26.3 Å². The van der Waals surface area contributed by atoms with E-state index in [1.807, 2.05) is 24.3 Å². The molecule has 0 spiro atoms. The largest absolute Gasteiger partial charge is 0.508 e. The zero-order chi connectivity index (χ0) is 10.7. The minimum atomic E-state index is 0. The van der Waals surface area contributed by atoms with E-state index in [4.69, 9.17) is 10.2 Å². The molecule has 0 aromatic heterocycles. The van der Waals surface area contributed by atoms with Gasteiger partial charge in [0.15, 0.2) is 0 Å². The predicted octanol–water partition coefficient (Wildman–Crippen LogP) is 3.25. The maximum Gasteiger partial charge on any atom is 0.115 e. The molecule has 2 nitrogen and oxygen atoms in total. The van der Waals surface area contributed by atoms with Crippen LogP contribution in [0.25, 0.3) is 0 Å². The molecule has 16 heavy (non-hydrogen) atoms. The van der Waals surface area contributed by atoms with Crippen LogP contribution in [0.1, 0.15) is 0 Å². The Morgan fingerprint density at radius 3 is 1.25 bits per heavy atom. The van der Waals surface area contributed by atoms with Crippen molar-refractivity contribution >= 4 is 11.8 Å². The fourth-order valence-electron chi connectivity index (χ4n) is 1.16. The van der Waals surface area contributed by atoms with E-state index in [1.165, 1.54) is 0 Å². The van der Waals surface area contributed by atoms with Crippen LogP contribution >= 0.6 is 11.8 Å². The standard InChI is InChI=1S/C12H10O2S.Ni/c13-9-1-5-11(6-2-9)15-12-7-3-10(14)4-8-12;/h1-8,13-14H;. The van der Waals surface area contributed by atoms with E-state index in [9.17, 15) is 0 Å². The topological polar surface area (TPSA) is 40.5 Å². The number of aromatic hydroxyl groups is 2. The van der Waals surface area contributed by atoms with Gasteiger partial charge in [-0.1, -0.05) is 11.8 Å². The molecule has 0 saturated heterocycles. The van der Waals surface area contributed by atoms with Crippen molar-refractivity contribution < 1.29 is 26.7 Å². The summed E-state index contributed by atoms with van der Waals surface area (Å²) in [5.41, 5.74) is 0. The van der Waals surface area contributed by atoms with Crippen molar-refractivity contribution in [3.05, 3.63) is 48.5 Å². The third-order valence-electron chi connectivity index (χ3n) is 1.91. The van der Waals surface area contributed by atoms with Crippen LogP contribution in [0.2, 0.25) is 0 Å². The summed E-state index contributed by atoms with van der Waals surface area (Å²) in [5.74, 6) is 0.537. The first kappa shape index (κ1) is 13.0. The molecule has 2 rings (SSSR count). The molecule has 4 heteroatoms. The minimum Gasteiger partial charge on any atom is -0.508 e. The predicted molar refractivity (Wildman–Crippen MR) is 60.3 cm³/mol. The van der Waals surface area contributed by atoms with Crippen molar-refractivity contribution in [1.82, 2.24) is 0 Å². The van der Waals surface area contributed by atoms with Crippen LogP contribution in [0.4, 0.5) is 0 Å².